The summed E-state index contributed by atoms with van der Waals surface area (Å²) in [5.74, 6) is -0.0944. The monoisotopic (exact) mass is 351 g/mol. The molecule has 0 amide bonds. The molecule has 2 N–H and O–H groups in total. The summed E-state index contributed by atoms with van der Waals surface area (Å²) in [7, 11) is 0. The molecule has 21 heavy (non-hydrogen) atoms. The first-order valence-electron chi connectivity index (χ1n) is 6.44. The Morgan fingerprint density at radius 3 is 2.43 bits per heavy atom. The van der Waals surface area contributed by atoms with Crippen molar-refractivity contribution in [3.8, 4) is 5.75 Å². The normalized spacial score (nSPS) is 10.7. The molecular formula is C16H15BrFNO2. The van der Waals surface area contributed by atoms with Gasteiger partial charge in [0.15, 0.2) is 5.78 Å². The number of ketones is 1. The molecule has 0 heterocycles. The van der Waals surface area contributed by atoms with Crippen LogP contribution in [0.15, 0.2) is 40.9 Å². The van der Waals surface area contributed by atoms with Crippen LogP contribution in [0.3, 0.4) is 0 Å². The van der Waals surface area contributed by atoms with Crippen molar-refractivity contribution in [2.24, 2.45) is 0 Å². The fourth-order valence-corrected chi connectivity index (χ4v) is 2.35. The SMILES string of the molecule is CC(C)Oc1ccc(C(=O)c2cc(N)c(F)cc2Br)cc1. The first kappa shape index (κ1) is 15.5. The number of halogens is 2. The number of nitrogens with two attached hydrogens (primary N) is 1. The average Bonchev–Trinajstić information content (AvgIpc) is 2.42. The number of nitrogen functional groups attached to an aromatic ring is 1. The third-order valence-electron chi connectivity index (χ3n) is 2.82. The number of rotatable bonds is 4. The van der Waals surface area contributed by atoms with E-state index in [0.717, 1.165) is 0 Å². The van der Waals surface area contributed by atoms with Gasteiger partial charge in [-0.1, -0.05) is 0 Å². The van der Waals surface area contributed by atoms with Crippen molar-refractivity contribution in [2.75, 3.05) is 5.73 Å². The maximum Gasteiger partial charge on any atom is 0.194 e. The van der Waals surface area contributed by atoms with Gasteiger partial charge in [-0.15, -0.1) is 0 Å². The summed E-state index contributed by atoms with van der Waals surface area (Å²) in [4.78, 5) is 12.4. The quantitative estimate of drug-likeness (QED) is 0.663. The van der Waals surface area contributed by atoms with Crippen LogP contribution in [0.4, 0.5) is 10.1 Å². The van der Waals surface area contributed by atoms with Gasteiger partial charge in [0.25, 0.3) is 0 Å². The molecule has 5 heteroatoms. The number of ether oxygens (including phenoxy) is 1. The average molecular weight is 352 g/mol. The number of hydrogen-bond acceptors (Lipinski definition) is 3. The molecule has 0 aliphatic heterocycles. The number of anilines is 1. The van der Waals surface area contributed by atoms with E-state index in [-0.39, 0.29) is 17.6 Å². The Labute approximate surface area is 131 Å². The summed E-state index contributed by atoms with van der Waals surface area (Å²) in [5, 5.41) is 0. The molecule has 0 unspecified atom stereocenters. The number of carbonyl (C=O) groups excluding carboxylic acids is 1. The van der Waals surface area contributed by atoms with Gasteiger partial charge >= 0.3 is 0 Å². The van der Waals surface area contributed by atoms with E-state index in [0.29, 0.717) is 21.3 Å². The summed E-state index contributed by atoms with van der Waals surface area (Å²) in [6.45, 7) is 3.86. The highest BCUT2D eigenvalue weighted by Crippen LogP contribution is 2.26. The zero-order valence-electron chi connectivity index (χ0n) is 11.7. The van der Waals surface area contributed by atoms with Gasteiger partial charge in [0, 0.05) is 15.6 Å². The summed E-state index contributed by atoms with van der Waals surface area (Å²) >= 11 is 3.19. The minimum Gasteiger partial charge on any atom is -0.491 e. The standard InChI is InChI=1S/C16H15BrFNO2/c1-9(2)21-11-5-3-10(4-6-11)16(20)12-7-15(19)14(18)8-13(12)17/h3-9H,19H2,1-2H3. The summed E-state index contributed by atoms with van der Waals surface area (Å²) in [6, 6.07) is 9.33. The highest BCUT2D eigenvalue weighted by Gasteiger charge is 2.15. The van der Waals surface area contributed by atoms with Gasteiger partial charge in [0.2, 0.25) is 0 Å². The van der Waals surface area contributed by atoms with E-state index >= 15 is 0 Å². The first-order valence-corrected chi connectivity index (χ1v) is 7.23. The van der Waals surface area contributed by atoms with Gasteiger partial charge in [0.1, 0.15) is 11.6 Å². The molecule has 0 spiro atoms. The van der Waals surface area contributed by atoms with E-state index in [1.807, 2.05) is 13.8 Å². The Morgan fingerprint density at radius 1 is 1.24 bits per heavy atom. The zero-order valence-corrected chi connectivity index (χ0v) is 13.3. The molecule has 0 aliphatic carbocycles. The maximum atomic E-state index is 13.3. The predicted molar refractivity (Wildman–Crippen MR) is 84.2 cm³/mol. The molecule has 2 rings (SSSR count). The van der Waals surface area contributed by atoms with Crippen molar-refractivity contribution in [2.45, 2.75) is 20.0 Å². The minimum atomic E-state index is -0.556. The predicted octanol–water partition coefficient (Wildman–Crippen LogP) is 4.19. The van der Waals surface area contributed by atoms with Crippen molar-refractivity contribution < 1.29 is 13.9 Å². The molecule has 0 aliphatic rings. The zero-order chi connectivity index (χ0) is 15.6. The third kappa shape index (κ3) is 3.61. The molecule has 3 nitrogen and oxygen atoms in total. The van der Waals surface area contributed by atoms with Crippen LogP contribution in [0.5, 0.6) is 5.75 Å². The van der Waals surface area contributed by atoms with Gasteiger partial charge in [-0.3, -0.25) is 4.79 Å². The summed E-state index contributed by atoms with van der Waals surface area (Å²) in [6.07, 6.45) is 0.0672. The van der Waals surface area contributed by atoms with E-state index in [1.54, 1.807) is 24.3 Å². The van der Waals surface area contributed by atoms with Crippen LogP contribution in [0.25, 0.3) is 0 Å². The second-order valence-electron chi connectivity index (χ2n) is 4.87. The van der Waals surface area contributed by atoms with Gasteiger partial charge in [-0.05, 0) is 66.2 Å². The summed E-state index contributed by atoms with van der Waals surface area (Å²) in [5.41, 5.74) is 6.27. The highest BCUT2D eigenvalue weighted by atomic mass is 79.9. The molecule has 0 saturated heterocycles. The van der Waals surface area contributed by atoms with Crippen molar-refractivity contribution in [3.05, 3.63) is 57.8 Å². The Balaban J connectivity index is 2.30. The van der Waals surface area contributed by atoms with Gasteiger partial charge in [-0.25, -0.2) is 4.39 Å². The Hall–Kier alpha value is -1.88. The van der Waals surface area contributed by atoms with Crippen LogP contribution in [0, 0.1) is 5.82 Å². The molecule has 0 saturated carbocycles. The Morgan fingerprint density at radius 2 is 1.86 bits per heavy atom. The lowest BCUT2D eigenvalue weighted by atomic mass is 10.0. The largest absolute Gasteiger partial charge is 0.491 e. The van der Waals surface area contributed by atoms with Crippen LogP contribution in [0.2, 0.25) is 0 Å². The van der Waals surface area contributed by atoms with Crippen LogP contribution < -0.4 is 10.5 Å². The molecular weight excluding hydrogens is 337 g/mol. The van der Waals surface area contributed by atoms with Gasteiger partial charge < -0.3 is 10.5 Å². The molecule has 0 aromatic heterocycles. The summed E-state index contributed by atoms with van der Waals surface area (Å²) < 4.78 is 19.2. The topological polar surface area (TPSA) is 52.3 Å². The van der Waals surface area contributed by atoms with Crippen LogP contribution in [-0.2, 0) is 0 Å². The lowest BCUT2D eigenvalue weighted by Gasteiger charge is -2.10. The van der Waals surface area contributed by atoms with Crippen molar-refractivity contribution in [3.63, 3.8) is 0 Å². The van der Waals surface area contributed by atoms with Crippen LogP contribution in [-0.4, -0.2) is 11.9 Å². The van der Waals surface area contributed by atoms with E-state index in [9.17, 15) is 9.18 Å². The smallest absolute Gasteiger partial charge is 0.194 e. The molecule has 0 atom stereocenters. The fraction of sp³-hybridized carbons (Fsp3) is 0.188. The molecule has 2 aromatic rings. The Kier molecular flexibility index (Phi) is 4.63. The molecule has 0 bridgehead atoms. The third-order valence-corrected chi connectivity index (χ3v) is 3.48. The number of benzene rings is 2. The van der Waals surface area contributed by atoms with E-state index in [1.165, 1.54) is 12.1 Å². The number of hydrogen-bond donors (Lipinski definition) is 1. The fourth-order valence-electron chi connectivity index (χ4n) is 1.85. The minimum absolute atomic E-state index is 0.0543. The van der Waals surface area contributed by atoms with Crippen molar-refractivity contribution in [1.82, 2.24) is 0 Å². The lowest BCUT2D eigenvalue weighted by molar-refractivity contribution is 0.103. The molecule has 0 radical (unpaired) electrons. The number of carbonyl (C=O) groups is 1. The molecule has 110 valence electrons. The van der Waals surface area contributed by atoms with Gasteiger partial charge in [-0.2, -0.15) is 0 Å². The first-order chi connectivity index (χ1) is 9.88. The second-order valence-corrected chi connectivity index (χ2v) is 5.73. The lowest BCUT2D eigenvalue weighted by Crippen LogP contribution is -2.07. The molecule has 0 fully saturated rings. The van der Waals surface area contributed by atoms with Gasteiger partial charge in [0.05, 0.1) is 11.8 Å². The molecule has 2 aromatic carbocycles. The Bertz CT molecular complexity index is 669. The van der Waals surface area contributed by atoms with Crippen LogP contribution >= 0.6 is 15.9 Å². The maximum absolute atomic E-state index is 13.3. The second kappa shape index (κ2) is 6.26. The van der Waals surface area contributed by atoms with E-state index in [2.05, 4.69) is 15.9 Å². The van der Waals surface area contributed by atoms with E-state index < -0.39 is 5.82 Å². The van der Waals surface area contributed by atoms with E-state index in [4.69, 9.17) is 10.5 Å². The van der Waals surface area contributed by atoms with Crippen LogP contribution in [0.1, 0.15) is 29.8 Å². The highest BCUT2D eigenvalue weighted by molar-refractivity contribution is 9.10. The van der Waals surface area contributed by atoms with Crippen molar-refractivity contribution >= 4 is 27.4 Å². The van der Waals surface area contributed by atoms with Crippen molar-refractivity contribution in [1.29, 1.82) is 0 Å².